The van der Waals surface area contributed by atoms with Crippen molar-refractivity contribution in [3.8, 4) is 0 Å². The van der Waals surface area contributed by atoms with Gasteiger partial charge < -0.3 is 16.4 Å². The topological polar surface area (TPSA) is 67.2 Å². The average molecular weight is 291 g/mol. The van der Waals surface area contributed by atoms with E-state index < -0.39 is 0 Å². The summed E-state index contributed by atoms with van der Waals surface area (Å²) in [5, 5.41) is 6.26. The fourth-order valence-electron chi connectivity index (χ4n) is 2.82. The minimum atomic E-state index is -0.0929. The molecule has 118 valence electrons. The zero-order valence-corrected chi connectivity index (χ0v) is 14.1. The Hall–Kier alpha value is -1.71. The maximum Gasteiger partial charge on any atom is 0.251 e. The number of anilines is 2. The van der Waals surface area contributed by atoms with Crippen molar-refractivity contribution in [1.29, 1.82) is 0 Å². The number of nitrogen functional groups attached to an aromatic ring is 1. The van der Waals surface area contributed by atoms with Crippen LogP contribution >= 0.6 is 0 Å². The molecule has 1 aromatic carbocycles. The van der Waals surface area contributed by atoms with E-state index in [9.17, 15) is 4.79 Å². The van der Waals surface area contributed by atoms with Gasteiger partial charge in [0.1, 0.15) is 0 Å². The van der Waals surface area contributed by atoms with E-state index in [4.69, 9.17) is 5.73 Å². The molecule has 0 saturated heterocycles. The second-order valence-electron chi connectivity index (χ2n) is 7.41. The molecule has 0 fully saturated rings. The van der Waals surface area contributed by atoms with Gasteiger partial charge in [0.2, 0.25) is 0 Å². The standard InChI is InChI=1S/C17H29N3O/c1-7-19-15(21)12-8-9-14(13(18)10-12)20-17(5,6)11-16(2,3)4/h8-10,20H,7,11,18H2,1-6H3,(H,19,21). The van der Waals surface area contributed by atoms with Crippen LogP contribution in [-0.4, -0.2) is 18.0 Å². The fraction of sp³-hybridized carbons (Fsp3) is 0.588. The molecule has 0 aromatic heterocycles. The highest BCUT2D eigenvalue weighted by atomic mass is 16.1. The third-order valence-corrected chi connectivity index (χ3v) is 3.10. The minimum absolute atomic E-state index is 0.0699. The van der Waals surface area contributed by atoms with Gasteiger partial charge in [0.25, 0.3) is 5.91 Å². The van der Waals surface area contributed by atoms with Gasteiger partial charge in [0.15, 0.2) is 0 Å². The first-order valence-corrected chi connectivity index (χ1v) is 7.50. The summed E-state index contributed by atoms with van der Waals surface area (Å²) in [5.41, 5.74) is 8.30. The first-order valence-electron chi connectivity index (χ1n) is 7.50. The van der Waals surface area contributed by atoms with Crippen LogP contribution in [0.4, 0.5) is 11.4 Å². The number of hydrogen-bond donors (Lipinski definition) is 3. The van der Waals surface area contributed by atoms with Gasteiger partial charge in [-0.3, -0.25) is 4.79 Å². The van der Waals surface area contributed by atoms with Crippen molar-refractivity contribution in [1.82, 2.24) is 5.32 Å². The van der Waals surface area contributed by atoms with Crippen molar-refractivity contribution in [2.45, 2.75) is 53.5 Å². The van der Waals surface area contributed by atoms with Gasteiger partial charge in [-0.15, -0.1) is 0 Å². The van der Waals surface area contributed by atoms with E-state index in [2.05, 4.69) is 45.3 Å². The summed E-state index contributed by atoms with van der Waals surface area (Å²) in [6.07, 6.45) is 1.01. The molecule has 0 bridgehead atoms. The maximum absolute atomic E-state index is 11.8. The molecule has 0 atom stereocenters. The second kappa shape index (κ2) is 6.37. The van der Waals surface area contributed by atoms with Crippen molar-refractivity contribution in [3.05, 3.63) is 23.8 Å². The third-order valence-electron chi connectivity index (χ3n) is 3.10. The molecule has 0 heterocycles. The monoisotopic (exact) mass is 291 g/mol. The highest BCUT2D eigenvalue weighted by Crippen LogP contribution is 2.31. The van der Waals surface area contributed by atoms with Gasteiger partial charge in [-0.25, -0.2) is 0 Å². The molecular formula is C17H29N3O. The Balaban J connectivity index is 2.88. The largest absolute Gasteiger partial charge is 0.397 e. The Morgan fingerprint density at radius 2 is 1.81 bits per heavy atom. The molecule has 0 radical (unpaired) electrons. The van der Waals surface area contributed by atoms with Crippen molar-refractivity contribution < 1.29 is 4.79 Å². The third kappa shape index (κ3) is 5.66. The predicted molar refractivity (Wildman–Crippen MR) is 90.6 cm³/mol. The summed E-state index contributed by atoms with van der Waals surface area (Å²) < 4.78 is 0. The Bertz CT molecular complexity index is 501. The summed E-state index contributed by atoms with van der Waals surface area (Å²) in [5.74, 6) is -0.0929. The van der Waals surface area contributed by atoms with E-state index >= 15 is 0 Å². The zero-order valence-electron chi connectivity index (χ0n) is 14.1. The molecule has 0 spiro atoms. The van der Waals surface area contributed by atoms with Crippen LogP contribution in [0.5, 0.6) is 0 Å². The van der Waals surface area contributed by atoms with Gasteiger partial charge >= 0.3 is 0 Å². The first-order chi connectivity index (χ1) is 9.54. The van der Waals surface area contributed by atoms with E-state index in [0.29, 0.717) is 17.8 Å². The molecule has 0 unspecified atom stereocenters. The van der Waals surface area contributed by atoms with Gasteiger partial charge in [-0.05, 0) is 50.8 Å². The van der Waals surface area contributed by atoms with Gasteiger partial charge in [0.05, 0.1) is 11.4 Å². The van der Waals surface area contributed by atoms with Crippen LogP contribution in [0.2, 0.25) is 0 Å². The number of amides is 1. The smallest absolute Gasteiger partial charge is 0.251 e. The molecular weight excluding hydrogens is 262 g/mol. The molecule has 1 aromatic rings. The van der Waals surface area contributed by atoms with Crippen LogP contribution in [0.1, 0.15) is 58.3 Å². The molecule has 4 N–H and O–H groups in total. The van der Waals surface area contributed by atoms with E-state index in [-0.39, 0.29) is 16.9 Å². The lowest BCUT2D eigenvalue weighted by atomic mass is 9.81. The minimum Gasteiger partial charge on any atom is -0.397 e. The highest BCUT2D eigenvalue weighted by Gasteiger charge is 2.25. The summed E-state index contributed by atoms with van der Waals surface area (Å²) >= 11 is 0. The van der Waals surface area contributed by atoms with Crippen molar-refractivity contribution in [2.24, 2.45) is 5.41 Å². The molecule has 0 saturated carbocycles. The van der Waals surface area contributed by atoms with E-state index in [1.54, 1.807) is 12.1 Å². The van der Waals surface area contributed by atoms with Crippen LogP contribution < -0.4 is 16.4 Å². The van der Waals surface area contributed by atoms with Gasteiger partial charge in [0, 0.05) is 17.6 Å². The van der Waals surface area contributed by atoms with E-state index in [1.165, 1.54) is 0 Å². The molecule has 4 nitrogen and oxygen atoms in total. The summed E-state index contributed by atoms with van der Waals surface area (Å²) in [6, 6.07) is 5.40. The van der Waals surface area contributed by atoms with Crippen LogP contribution in [0.15, 0.2) is 18.2 Å². The number of carbonyl (C=O) groups is 1. The number of carbonyl (C=O) groups excluding carboxylic acids is 1. The molecule has 4 heteroatoms. The predicted octanol–water partition coefficient (Wildman–Crippen LogP) is 3.65. The Labute approximate surface area is 128 Å². The Morgan fingerprint density at radius 3 is 2.29 bits per heavy atom. The van der Waals surface area contributed by atoms with Crippen LogP contribution in [0.25, 0.3) is 0 Å². The molecule has 21 heavy (non-hydrogen) atoms. The summed E-state index contributed by atoms with van der Waals surface area (Å²) in [4.78, 5) is 11.8. The fourth-order valence-corrected chi connectivity index (χ4v) is 2.82. The van der Waals surface area contributed by atoms with E-state index in [1.807, 2.05) is 13.0 Å². The second-order valence-corrected chi connectivity index (χ2v) is 7.41. The van der Waals surface area contributed by atoms with Crippen LogP contribution in [-0.2, 0) is 0 Å². The SMILES string of the molecule is CCNC(=O)c1ccc(NC(C)(C)CC(C)(C)C)c(N)c1. The number of rotatable bonds is 5. The molecule has 0 aliphatic heterocycles. The zero-order chi connectivity index (χ0) is 16.3. The molecule has 0 aliphatic rings. The summed E-state index contributed by atoms with van der Waals surface area (Å²) in [6.45, 7) is 13.5. The van der Waals surface area contributed by atoms with Crippen molar-refractivity contribution >= 4 is 17.3 Å². The lowest BCUT2D eigenvalue weighted by Crippen LogP contribution is -2.35. The molecule has 1 amide bonds. The first kappa shape index (κ1) is 17.3. The highest BCUT2D eigenvalue weighted by molar-refractivity contribution is 5.96. The average Bonchev–Trinajstić information content (AvgIpc) is 2.28. The normalized spacial score (nSPS) is 12.1. The maximum atomic E-state index is 11.8. The Kier molecular flexibility index (Phi) is 5.26. The van der Waals surface area contributed by atoms with Gasteiger partial charge in [-0.1, -0.05) is 20.8 Å². The van der Waals surface area contributed by atoms with Crippen molar-refractivity contribution in [2.75, 3.05) is 17.6 Å². The summed E-state index contributed by atoms with van der Waals surface area (Å²) in [7, 11) is 0. The number of benzene rings is 1. The van der Waals surface area contributed by atoms with Crippen molar-refractivity contribution in [3.63, 3.8) is 0 Å². The quantitative estimate of drug-likeness (QED) is 0.725. The number of nitrogens with two attached hydrogens (primary N) is 1. The van der Waals surface area contributed by atoms with Crippen LogP contribution in [0.3, 0.4) is 0 Å². The Morgan fingerprint density at radius 1 is 1.19 bits per heavy atom. The molecule has 0 aliphatic carbocycles. The van der Waals surface area contributed by atoms with Crippen LogP contribution in [0, 0.1) is 5.41 Å². The lowest BCUT2D eigenvalue weighted by Gasteiger charge is -2.34. The number of hydrogen-bond acceptors (Lipinski definition) is 3. The number of nitrogens with one attached hydrogen (secondary N) is 2. The van der Waals surface area contributed by atoms with E-state index in [0.717, 1.165) is 12.1 Å². The van der Waals surface area contributed by atoms with Gasteiger partial charge in [-0.2, -0.15) is 0 Å². The lowest BCUT2D eigenvalue weighted by molar-refractivity contribution is 0.0956. The molecule has 1 rings (SSSR count).